The van der Waals surface area contributed by atoms with Crippen molar-refractivity contribution >= 4 is 17.3 Å². The van der Waals surface area contributed by atoms with Crippen molar-refractivity contribution in [3.05, 3.63) is 28.8 Å². The van der Waals surface area contributed by atoms with E-state index in [1.807, 2.05) is 6.07 Å². The van der Waals surface area contributed by atoms with E-state index in [4.69, 9.17) is 17.3 Å². The summed E-state index contributed by atoms with van der Waals surface area (Å²) in [5, 5.41) is 0.812. The van der Waals surface area contributed by atoms with Crippen LogP contribution in [0.2, 0.25) is 5.02 Å². The summed E-state index contributed by atoms with van der Waals surface area (Å²) in [7, 11) is 0. The van der Waals surface area contributed by atoms with Gasteiger partial charge in [-0.1, -0.05) is 17.7 Å². The highest BCUT2D eigenvalue weighted by atomic mass is 35.5. The lowest BCUT2D eigenvalue weighted by molar-refractivity contribution is 0.128. The first-order chi connectivity index (χ1) is 8.91. The largest absolute Gasteiger partial charge is 0.368 e. The van der Waals surface area contributed by atoms with Gasteiger partial charge in [-0.15, -0.1) is 0 Å². The highest BCUT2D eigenvalue weighted by Crippen LogP contribution is 2.28. The van der Waals surface area contributed by atoms with Gasteiger partial charge < -0.3 is 10.6 Å². The number of nitrogens with two attached hydrogens (primary N) is 1. The number of hydrogen-bond donors (Lipinski definition) is 1. The Hall–Kier alpha value is -0.770. The molecule has 0 atom stereocenters. The number of halogens is 1. The molecular formula is C15H24ClN3. The third-order valence-corrected chi connectivity index (χ3v) is 4.12. The van der Waals surface area contributed by atoms with Crippen LogP contribution in [-0.4, -0.2) is 36.6 Å². The zero-order valence-electron chi connectivity index (χ0n) is 12.1. The van der Waals surface area contributed by atoms with E-state index in [2.05, 4.69) is 42.7 Å². The van der Waals surface area contributed by atoms with Crippen molar-refractivity contribution in [3.8, 4) is 0 Å². The zero-order chi connectivity index (χ0) is 14.0. The molecule has 19 heavy (non-hydrogen) atoms. The Balaban J connectivity index is 2.06. The standard InChI is InChI=1S/C15H24ClN3/c1-15(2,3)19-8-6-18(7-9-19)14-5-4-12(11-17)10-13(14)16/h4-5,10H,6-9,11,17H2,1-3H3. The van der Waals surface area contributed by atoms with Crippen molar-refractivity contribution in [2.75, 3.05) is 31.1 Å². The van der Waals surface area contributed by atoms with Gasteiger partial charge in [0.05, 0.1) is 10.7 Å². The number of anilines is 1. The molecule has 0 aliphatic carbocycles. The molecule has 2 N–H and O–H groups in total. The maximum absolute atomic E-state index is 6.36. The predicted molar refractivity (Wildman–Crippen MR) is 82.9 cm³/mol. The molecule has 0 radical (unpaired) electrons. The quantitative estimate of drug-likeness (QED) is 0.905. The van der Waals surface area contributed by atoms with Crippen LogP contribution in [0.5, 0.6) is 0 Å². The van der Waals surface area contributed by atoms with E-state index in [1.165, 1.54) is 0 Å². The molecule has 1 saturated heterocycles. The summed E-state index contributed by atoms with van der Waals surface area (Å²) in [4.78, 5) is 4.89. The summed E-state index contributed by atoms with van der Waals surface area (Å²) in [6.07, 6.45) is 0. The molecule has 4 heteroatoms. The molecule has 0 aromatic heterocycles. The molecule has 1 aliphatic heterocycles. The second-order valence-corrected chi connectivity index (χ2v) is 6.54. The average molecular weight is 282 g/mol. The van der Waals surface area contributed by atoms with Crippen LogP contribution in [0.1, 0.15) is 26.3 Å². The molecule has 1 fully saturated rings. The van der Waals surface area contributed by atoms with E-state index >= 15 is 0 Å². The van der Waals surface area contributed by atoms with Crippen molar-refractivity contribution in [2.45, 2.75) is 32.9 Å². The molecule has 106 valence electrons. The number of rotatable bonds is 2. The van der Waals surface area contributed by atoms with E-state index in [9.17, 15) is 0 Å². The van der Waals surface area contributed by atoms with Crippen molar-refractivity contribution in [3.63, 3.8) is 0 Å². The molecule has 0 spiro atoms. The monoisotopic (exact) mass is 281 g/mol. The second-order valence-electron chi connectivity index (χ2n) is 6.13. The zero-order valence-corrected chi connectivity index (χ0v) is 12.9. The Morgan fingerprint density at radius 1 is 1.16 bits per heavy atom. The Labute approximate surface area is 121 Å². The van der Waals surface area contributed by atoms with E-state index < -0.39 is 0 Å². The summed E-state index contributed by atoms with van der Waals surface area (Å²) in [5.41, 5.74) is 8.10. The highest BCUT2D eigenvalue weighted by molar-refractivity contribution is 6.33. The first kappa shape index (κ1) is 14.6. The minimum absolute atomic E-state index is 0.249. The van der Waals surface area contributed by atoms with Gasteiger partial charge in [-0.2, -0.15) is 0 Å². The maximum Gasteiger partial charge on any atom is 0.0642 e. The van der Waals surface area contributed by atoms with Gasteiger partial charge in [0, 0.05) is 38.3 Å². The van der Waals surface area contributed by atoms with Gasteiger partial charge in [0.2, 0.25) is 0 Å². The van der Waals surface area contributed by atoms with Gasteiger partial charge in [-0.3, -0.25) is 4.90 Å². The first-order valence-electron chi connectivity index (χ1n) is 6.90. The van der Waals surface area contributed by atoms with Crippen LogP contribution in [0.3, 0.4) is 0 Å². The van der Waals surface area contributed by atoms with Gasteiger partial charge in [0.1, 0.15) is 0 Å². The van der Waals surface area contributed by atoms with E-state index in [1.54, 1.807) is 0 Å². The third kappa shape index (κ3) is 3.41. The minimum atomic E-state index is 0.249. The van der Waals surface area contributed by atoms with E-state index in [-0.39, 0.29) is 5.54 Å². The molecule has 0 amide bonds. The average Bonchev–Trinajstić information content (AvgIpc) is 2.37. The normalized spacial score (nSPS) is 17.8. The van der Waals surface area contributed by atoms with Gasteiger partial charge in [0.25, 0.3) is 0 Å². The molecule has 1 aromatic rings. The lowest BCUT2D eigenvalue weighted by Crippen LogP contribution is -2.53. The molecule has 1 aliphatic rings. The Kier molecular flexibility index (Phi) is 4.39. The predicted octanol–water partition coefficient (Wildman–Crippen LogP) is 2.72. The fourth-order valence-electron chi connectivity index (χ4n) is 2.55. The lowest BCUT2D eigenvalue weighted by atomic mass is 10.0. The van der Waals surface area contributed by atoms with Crippen molar-refractivity contribution in [1.82, 2.24) is 4.90 Å². The summed E-state index contributed by atoms with van der Waals surface area (Å²) in [6, 6.07) is 6.14. The smallest absolute Gasteiger partial charge is 0.0642 e. The van der Waals surface area contributed by atoms with Crippen molar-refractivity contribution in [1.29, 1.82) is 0 Å². The number of piperazine rings is 1. The minimum Gasteiger partial charge on any atom is -0.368 e. The molecular weight excluding hydrogens is 258 g/mol. The van der Waals surface area contributed by atoms with Crippen LogP contribution in [0.25, 0.3) is 0 Å². The van der Waals surface area contributed by atoms with Gasteiger partial charge in [0.15, 0.2) is 0 Å². The van der Waals surface area contributed by atoms with Gasteiger partial charge in [-0.05, 0) is 38.5 Å². The van der Waals surface area contributed by atoms with Crippen molar-refractivity contribution < 1.29 is 0 Å². The number of benzene rings is 1. The Morgan fingerprint density at radius 2 is 1.79 bits per heavy atom. The molecule has 0 bridgehead atoms. The number of hydrogen-bond acceptors (Lipinski definition) is 3. The topological polar surface area (TPSA) is 32.5 Å². The summed E-state index contributed by atoms with van der Waals surface area (Å²) in [6.45, 7) is 11.6. The molecule has 3 nitrogen and oxygen atoms in total. The van der Waals surface area contributed by atoms with Crippen LogP contribution in [0.4, 0.5) is 5.69 Å². The SMILES string of the molecule is CC(C)(C)N1CCN(c2ccc(CN)cc2Cl)CC1. The van der Waals surface area contributed by atoms with Crippen LogP contribution in [0, 0.1) is 0 Å². The molecule has 1 heterocycles. The number of nitrogens with zero attached hydrogens (tertiary/aromatic N) is 2. The Bertz CT molecular complexity index is 432. The van der Waals surface area contributed by atoms with Gasteiger partial charge in [-0.25, -0.2) is 0 Å². The highest BCUT2D eigenvalue weighted by Gasteiger charge is 2.26. The third-order valence-electron chi connectivity index (χ3n) is 3.82. The molecule has 1 aromatic carbocycles. The molecule has 0 unspecified atom stereocenters. The Morgan fingerprint density at radius 3 is 2.26 bits per heavy atom. The van der Waals surface area contributed by atoms with Gasteiger partial charge >= 0.3 is 0 Å². The van der Waals surface area contributed by atoms with E-state index in [0.29, 0.717) is 6.54 Å². The van der Waals surface area contributed by atoms with Crippen LogP contribution in [-0.2, 0) is 6.54 Å². The van der Waals surface area contributed by atoms with Crippen LogP contribution >= 0.6 is 11.6 Å². The van der Waals surface area contributed by atoms with Crippen LogP contribution < -0.4 is 10.6 Å². The molecule has 0 saturated carbocycles. The second kappa shape index (κ2) is 5.70. The first-order valence-corrected chi connectivity index (χ1v) is 7.28. The fraction of sp³-hybridized carbons (Fsp3) is 0.600. The van der Waals surface area contributed by atoms with Crippen LogP contribution in [0.15, 0.2) is 18.2 Å². The summed E-state index contributed by atoms with van der Waals surface area (Å²) < 4.78 is 0. The maximum atomic E-state index is 6.36. The van der Waals surface area contributed by atoms with E-state index in [0.717, 1.165) is 42.5 Å². The lowest BCUT2D eigenvalue weighted by Gasteiger charge is -2.43. The summed E-state index contributed by atoms with van der Waals surface area (Å²) in [5.74, 6) is 0. The summed E-state index contributed by atoms with van der Waals surface area (Å²) >= 11 is 6.36. The fourth-order valence-corrected chi connectivity index (χ4v) is 2.87. The van der Waals surface area contributed by atoms with Crippen molar-refractivity contribution in [2.24, 2.45) is 5.73 Å². The molecule has 2 rings (SSSR count).